The van der Waals surface area contributed by atoms with Crippen LogP contribution in [0.3, 0.4) is 0 Å². The molecule has 0 bridgehead atoms. The number of imidazole rings is 2. The van der Waals surface area contributed by atoms with Gasteiger partial charge in [0.1, 0.15) is 41.2 Å². The Bertz CT molecular complexity index is 2170. The van der Waals surface area contributed by atoms with Crippen LogP contribution in [0, 0.1) is 0 Å². The number of benzene rings is 3. The van der Waals surface area contributed by atoms with E-state index in [0.717, 1.165) is 61.9 Å². The van der Waals surface area contributed by atoms with Gasteiger partial charge >= 0.3 is 0 Å². The third-order valence-electron chi connectivity index (χ3n) is 9.86. The van der Waals surface area contributed by atoms with Crippen LogP contribution >= 0.6 is 0 Å². The molecule has 2 saturated heterocycles. The Morgan fingerprint density at radius 3 is 1.96 bits per heavy atom. The molecular formula is C37H35F2N7O3. The molecule has 3 aromatic carbocycles. The van der Waals surface area contributed by atoms with Gasteiger partial charge in [-0.3, -0.25) is 0 Å². The summed E-state index contributed by atoms with van der Waals surface area (Å²) in [4.78, 5) is 15.9. The van der Waals surface area contributed by atoms with Crippen LogP contribution in [0.25, 0.3) is 44.7 Å². The summed E-state index contributed by atoms with van der Waals surface area (Å²) in [5.74, 6) is 3.50. The molecule has 3 aromatic heterocycles. The molecule has 0 radical (unpaired) electrons. The maximum atomic E-state index is 13.9. The molecule has 250 valence electrons. The zero-order valence-electron chi connectivity index (χ0n) is 27.0. The molecule has 6 heterocycles. The first kappa shape index (κ1) is 29.9. The zero-order chi connectivity index (χ0) is 33.2. The first-order valence-electron chi connectivity index (χ1n) is 16.5. The molecule has 0 saturated carbocycles. The fourth-order valence-corrected chi connectivity index (χ4v) is 7.35. The lowest BCUT2D eigenvalue weighted by Crippen LogP contribution is -2.22. The third-order valence-corrected chi connectivity index (χ3v) is 9.86. The number of ether oxygens (including phenoxy) is 3. The van der Waals surface area contributed by atoms with E-state index in [1.54, 1.807) is 20.4 Å². The summed E-state index contributed by atoms with van der Waals surface area (Å²) in [6, 6.07) is 20.1. The highest BCUT2D eigenvalue weighted by molar-refractivity contribution is 5.92. The second-order valence-electron chi connectivity index (χ2n) is 13.0. The van der Waals surface area contributed by atoms with Crippen molar-refractivity contribution < 1.29 is 23.0 Å². The predicted molar refractivity (Wildman–Crippen MR) is 181 cm³/mol. The van der Waals surface area contributed by atoms with E-state index in [1.807, 2.05) is 36.5 Å². The molecule has 6 aromatic rings. The van der Waals surface area contributed by atoms with Crippen molar-refractivity contribution in [3.05, 3.63) is 90.3 Å². The van der Waals surface area contributed by atoms with E-state index in [4.69, 9.17) is 14.2 Å². The van der Waals surface area contributed by atoms with Crippen LogP contribution < -0.4 is 24.8 Å². The molecule has 3 aliphatic rings. The van der Waals surface area contributed by atoms with Crippen molar-refractivity contribution in [3.63, 3.8) is 0 Å². The number of aromatic amines is 2. The monoisotopic (exact) mass is 663 g/mol. The van der Waals surface area contributed by atoms with Gasteiger partial charge in [-0.15, -0.1) is 0 Å². The number of hydrogen-bond donors (Lipinski definition) is 4. The van der Waals surface area contributed by atoms with E-state index in [0.29, 0.717) is 43.2 Å². The molecular weight excluding hydrogens is 628 g/mol. The van der Waals surface area contributed by atoms with Crippen LogP contribution in [-0.2, 0) is 0 Å². The van der Waals surface area contributed by atoms with Gasteiger partial charge in [-0.25, -0.2) is 18.7 Å². The van der Waals surface area contributed by atoms with Crippen LogP contribution in [-0.4, -0.2) is 64.2 Å². The van der Waals surface area contributed by atoms with Crippen LogP contribution in [0.1, 0.15) is 48.4 Å². The highest BCUT2D eigenvalue weighted by atomic mass is 19.1. The van der Waals surface area contributed by atoms with E-state index in [9.17, 15) is 8.78 Å². The maximum Gasteiger partial charge on any atom is 0.203 e. The van der Waals surface area contributed by atoms with Gasteiger partial charge in [-0.05, 0) is 42.5 Å². The Hall–Kier alpha value is -5.20. The Morgan fingerprint density at radius 2 is 1.37 bits per heavy atom. The Morgan fingerprint density at radius 1 is 0.755 bits per heavy atom. The van der Waals surface area contributed by atoms with Gasteiger partial charge in [0.05, 0.1) is 61.3 Å². The average Bonchev–Trinajstić information content (AvgIpc) is 3.97. The predicted octanol–water partition coefficient (Wildman–Crippen LogP) is 6.79. The van der Waals surface area contributed by atoms with Crippen molar-refractivity contribution in [2.45, 2.75) is 43.5 Å². The van der Waals surface area contributed by atoms with Gasteiger partial charge in [0.2, 0.25) is 6.23 Å². The molecule has 4 N–H and O–H groups in total. The number of halogens is 2. The average molecular weight is 664 g/mol. The summed E-state index contributed by atoms with van der Waals surface area (Å²) in [6.07, 6.45) is 2.14. The highest BCUT2D eigenvalue weighted by Crippen LogP contribution is 2.47. The summed E-state index contributed by atoms with van der Waals surface area (Å²) < 4.78 is 48.1. The molecule has 49 heavy (non-hydrogen) atoms. The topological polar surface area (TPSA) is 114 Å². The minimum Gasteiger partial charge on any atom is -0.497 e. The molecule has 3 aliphatic heterocycles. The fraction of sp³-hybridized carbons (Fsp3) is 0.297. The zero-order valence-corrected chi connectivity index (χ0v) is 27.0. The molecule has 12 heteroatoms. The molecule has 2 fully saturated rings. The van der Waals surface area contributed by atoms with Crippen LogP contribution in [0.2, 0.25) is 0 Å². The van der Waals surface area contributed by atoms with E-state index < -0.39 is 18.6 Å². The molecule has 3 unspecified atom stereocenters. The SMILES string of the molecule is COc1cc(OC)cc(C2Oc3cc(-c4cnc(C5C[C@@H](F)CN5)[nH]4)ccc3-c3cc4cc(-c5cnc([C@@H]6CC(F)CN6)[nH]5)ccc4n32)c1. The second kappa shape index (κ2) is 11.7. The summed E-state index contributed by atoms with van der Waals surface area (Å²) in [6.45, 7) is 0.678. The minimum atomic E-state index is -0.873. The molecule has 10 nitrogen and oxygen atoms in total. The van der Waals surface area contributed by atoms with Gasteiger partial charge in [0, 0.05) is 59.6 Å². The van der Waals surface area contributed by atoms with Gasteiger partial charge in [0.25, 0.3) is 0 Å². The maximum absolute atomic E-state index is 13.9. The number of H-pyrrole nitrogens is 2. The van der Waals surface area contributed by atoms with E-state index in [2.05, 4.69) is 65.5 Å². The summed E-state index contributed by atoms with van der Waals surface area (Å²) in [5, 5.41) is 7.42. The highest BCUT2D eigenvalue weighted by Gasteiger charge is 2.32. The van der Waals surface area contributed by atoms with Crippen molar-refractivity contribution >= 4 is 10.9 Å². The van der Waals surface area contributed by atoms with Crippen molar-refractivity contribution in [2.24, 2.45) is 0 Å². The minimum absolute atomic E-state index is 0.122. The standard InChI is InChI=1S/C37H35F2N7O3/c1-47-25-8-22(9-26(14-25)48-2)37-46-32-6-4-19(30-17-42-35(44-30)28-12-23(38)15-40-28)7-21(32)10-33(46)27-5-3-20(11-34(27)49-37)31-18-43-36(45-31)29-13-24(39)16-41-29/h3-11,14,17-18,23-24,28-29,37,40-41H,12-13,15-16H2,1-2H3,(H,42,44)(H,43,45)/t23?,24-,28+,29?,37?/m1/s1. The van der Waals surface area contributed by atoms with E-state index in [-0.39, 0.29) is 12.1 Å². The molecule has 0 aliphatic carbocycles. The number of rotatable bonds is 7. The third kappa shape index (κ3) is 5.22. The Kier molecular flexibility index (Phi) is 7.17. The number of aromatic nitrogens is 5. The van der Waals surface area contributed by atoms with Crippen LogP contribution in [0.15, 0.2) is 73.1 Å². The molecule has 5 atom stereocenters. The summed E-state index contributed by atoms with van der Waals surface area (Å²) in [5.41, 5.74) is 7.38. The second-order valence-corrected chi connectivity index (χ2v) is 13.0. The Labute approximate surface area is 280 Å². The van der Waals surface area contributed by atoms with Crippen molar-refractivity contribution in [3.8, 4) is 51.0 Å². The number of alkyl halides is 2. The van der Waals surface area contributed by atoms with Crippen LogP contribution in [0.4, 0.5) is 8.78 Å². The van der Waals surface area contributed by atoms with Gasteiger partial charge in [-0.1, -0.05) is 12.1 Å². The first-order chi connectivity index (χ1) is 23.9. The van der Waals surface area contributed by atoms with Crippen molar-refractivity contribution in [1.29, 1.82) is 0 Å². The molecule has 0 spiro atoms. The first-order valence-corrected chi connectivity index (χ1v) is 16.5. The van der Waals surface area contributed by atoms with Crippen molar-refractivity contribution in [1.82, 2.24) is 35.1 Å². The number of hydrogen-bond acceptors (Lipinski definition) is 7. The quantitative estimate of drug-likeness (QED) is 0.149. The molecule has 9 rings (SSSR count). The lowest BCUT2D eigenvalue weighted by Gasteiger charge is -2.31. The smallest absolute Gasteiger partial charge is 0.203 e. The molecule has 0 amide bonds. The summed E-state index contributed by atoms with van der Waals surface area (Å²) >= 11 is 0. The number of fused-ring (bicyclic) bond motifs is 5. The Balaban J connectivity index is 1.13. The van der Waals surface area contributed by atoms with Crippen LogP contribution in [0.5, 0.6) is 17.2 Å². The van der Waals surface area contributed by atoms with Gasteiger partial charge < -0.3 is 39.4 Å². The summed E-state index contributed by atoms with van der Waals surface area (Å²) in [7, 11) is 3.26. The normalized spacial score (nSPS) is 23.0. The fourth-order valence-electron chi connectivity index (χ4n) is 7.35. The van der Waals surface area contributed by atoms with E-state index in [1.165, 1.54) is 0 Å². The number of methoxy groups -OCH3 is 2. The largest absolute Gasteiger partial charge is 0.497 e. The van der Waals surface area contributed by atoms with Gasteiger partial charge in [0.15, 0.2) is 0 Å². The van der Waals surface area contributed by atoms with Crippen molar-refractivity contribution in [2.75, 3.05) is 27.3 Å². The van der Waals surface area contributed by atoms with E-state index >= 15 is 0 Å². The lowest BCUT2D eigenvalue weighted by atomic mass is 10.0. The number of nitrogens with zero attached hydrogens (tertiary/aromatic N) is 3. The van der Waals surface area contributed by atoms with Gasteiger partial charge in [-0.2, -0.15) is 0 Å². The number of nitrogens with one attached hydrogen (secondary N) is 4. The lowest BCUT2D eigenvalue weighted by molar-refractivity contribution is 0.172.